The predicted molar refractivity (Wildman–Crippen MR) is 109 cm³/mol. The molecule has 1 saturated heterocycles. The SMILES string of the molecule is Cc1cccc(CSCC(=O)N2CCN(S(=O)(=O)c3c(F)cccc3F)CC2)c1. The van der Waals surface area contributed by atoms with Gasteiger partial charge in [-0.15, -0.1) is 11.8 Å². The maximum absolute atomic E-state index is 13.9. The third-order valence-electron chi connectivity index (χ3n) is 4.68. The van der Waals surface area contributed by atoms with Crippen LogP contribution in [0.4, 0.5) is 8.78 Å². The lowest BCUT2D eigenvalue weighted by atomic mass is 10.2. The average molecular weight is 441 g/mol. The van der Waals surface area contributed by atoms with Gasteiger partial charge < -0.3 is 4.90 Å². The highest BCUT2D eigenvalue weighted by Crippen LogP contribution is 2.24. The first-order chi connectivity index (χ1) is 13.8. The minimum absolute atomic E-state index is 0.00436. The standard InChI is InChI=1S/C20H22F2N2O3S2/c1-15-4-2-5-16(12-15)13-28-14-19(25)23-8-10-24(11-9-23)29(26,27)20-17(21)6-3-7-18(20)22/h2-7,12H,8-11,13-14H2,1H3. The number of carbonyl (C=O) groups is 1. The van der Waals surface area contributed by atoms with Gasteiger partial charge >= 0.3 is 0 Å². The molecule has 156 valence electrons. The second-order valence-electron chi connectivity index (χ2n) is 6.82. The molecule has 0 radical (unpaired) electrons. The Labute approximate surface area is 173 Å². The number of halogens is 2. The molecule has 0 aliphatic carbocycles. The van der Waals surface area contributed by atoms with Crippen molar-refractivity contribution in [3.8, 4) is 0 Å². The highest BCUT2D eigenvalue weighted by atomic mass is 32.2. The summed E-state index contributed by atoms with van der Waals surface area (Å²) in [5.41, 5.74) is 2.31. The maximum Gasteiger partial charge on any atom is 0.249 e. The van der Waals surface area contributed by atoms with Crippen LogP contribution < -0.4 is 0 Å². The number of rotatable bonds is 6. The number of sulfonamides is 1. The van der Waals surface area contributed by atoms with Gasteiger partial charge in [-0.05, 0) is 24.6 Å². The van der Waals surface area contributed by atoms with Crippen LogP contribution in [-0.2, 0) is 20.6 Å². The molecule has 29 heavy (non-hydrogen) atoms. The monoisotopic (exact) mass is 440 g/mol. The lowest BCUT2D eigenvalue weighted by Gasteiger charge is -2.34. The van der Waals surface area contributed by atoms with E-state index in [0.717, 1.165) is 33.6 Å². The van der Waals surface area contributed by atoms with E-state index >= 15 is 0 Å². The van der Waals surface area contributed by atoms with Crippen molar-refractivity contribution >= 4 is 27.7 Å². The molecule has 3 rings (SSSR count). The first-order valence-corrected chi connectivity index (χ1v) is 11.7. The molecule has 1 aliphatic rings. The van der Waals surface area contributed by atoms with Crippen molar-refractivity contribution in [1.29, 1.82) is 0 Å². The molecule has 5 nitrogen and oxygen atoms in total. The minimum atomic E-state index is -4.29. The number of nitrogens with zero attached hydrogens (tertiary/aromatic N) is 2. The Kier molecular flexibility index (Phi) is 6.92. The molecule has 2 aromatic carbocycles. The summed E-state index contributed by atoms with van der Waals surface area (Å²) in [4.78, 5) is 13.1. The predicted octanol–water partition coefficient (Wildman–Crippen LogP) is 3.04. The summed E-state index contributed by atoms with van der Waals surface area (Å²) in [6.45, 7) is 2.41. The Morgan fingerprint density at radius 3 is 2.28 bits per heavy atom. The normalized spacial score (nSPS) is 15.5. The van der Waals surface area contributed by atoms with Crippen LogP contribution in [0.3, 0.4) is 0 Å². The fraction of sp³-hybridized carbons (Fsp3) is 0.350. The van der Waals surface area contributed by atoms with Gasteiger partial charge in [0.25, 0.3) is 0 Å². The highest BCUT2D eigenvalue weighted by molar-refractivity contribution is 7.99. The van der Waals surface area contributed by atoms with E-state index in [4.69, 9.17) is 0 Å². The van der Waals surface area contributed by atoms with Crippen LogP contribution in [0, 0.1) is 18.6 Å². The number of piperazine rings is 1. The molecule has 0 atom stereocenters. The summed E-state index contributed by atoms with van der Waals surface area (Å²) in [6, 6.07) is 11.0. The van der Waals surface area contributed by atoms with Gasteiger partial charge in [0.2, 0.25) is 15.9 Å². The molecule has 0 N–H and O–H groups in total. The van der Waals surface area contributed by atoms with Crippen molar-refractivity contribution in [3.05, 3.63) is 65.2 Å². The largest absolute Gasteiger partial charge is 0.339 e. The van der Waals surface area contributed by atoms with E-state index in [2.05, 4.69) is 6.07 Å². The Morgan fingerprint density at radius 1 is 1.03 bits per heavy atom. The molecule has 1 fully saturated rings. The Morgan fingerprint density at radius 2 is 1.66 bits per heavy atom. The average Bonchev–Trinajstić information content (AvgIpc) is 2.68. The third-order valence-corrected chi connectivity index (χ3v) is 7.62. The number of hydrogen-bond donors (Lipinski definition) is 0. The number of thioether (sulfide) groups is 1. The summed E-state index contributed by atoms with van der Waals surface area (Å²) in [7, 11) is -4.29. The molecule has 1 aliphatic heterocycles. The smallest absolute Gasteiger partial charge is 0.249 e. The number of hydrogen-bond acceptors (Lipinski definition) is 4. The fourth-order valence-corrected chi connectivity index (χ4v) is 5.59. The Hall–Kier alpha value is -1.97. The number of carbonyl (C=O) groups excluding carboxylic acids is 1. The van der Waals surface area contributed by atoms with Crippen molar-refractivity contribution < 1.29 is 22.0 Å². The minimum Gasteiger partial charge on any atom is -0.339 e. The van der Waals surface area contributed by atoms with Gasteiger partial charge in [-0.1, -0.05) is 35.9 Å². The zero-order chi connectivity index (χ0) is 21.0. The van der Waals surface area contributed by atoms with Crippen LogP contribution in [0.1, 0.15) is 11.1 Å². The second kappa shape index (κ2) is 9.23. The molecule has 0 unspecified atom stereocenters. The number of benzene rings is 2. The molecule has 0 spiro atoms. The second-order valence-corrected chi connectivity index (χ2v) is 9.68. The van der Waals surface area contributed by atoms with E-state index in [1.54, 1.807) is 4.90 Å². The van der Waals surface area contributed by atoms with Crippen LogP contribution >= 0.6 is 11.8 Å². The lowest BCUT2D eigenvalue weighted by Crippen LogP contribution is -2.51. The molecule has 2 aromatic rings. The van der Waals surface area contributed by atoms with Crippen molar-refractivity contribution in [2.75, 3.05) is 31.9 Å². The van der Waals surface area contributed by atoms with E-state index < -0.39 is 26.6 Å². The van der Waals surface area contributed by atoms with Gasteiger partial charge in [0.1, 0.15) is 11.6 Å². The van der Waals surface area contributed by atoms with Gasteiger partial charge in [0, 0.05) is 31.9 Å². The summed E-state index contributed by atoms with van der Waals surface area (Å²) in [6.07, 6.45) is 0. The zero-order valence-electron chi connectivity index (χ0n) is 16.0. The van der Waals surface area contributed by atoms with E-state index in [-0.39, 0.29) is 32.1 Å². The summed E-state index contributed by atoms with van der Waals surface area (Å²) >= 11 is 1.50. The van der Waals surface area contributed by atoms with Crippen LogP contribution in [0.25, 0.3) is 0 Å². The van der Waals surface area contributed by atoms with Crippen molar-refractivity contribution in [3.63, 3.8) is 0 Å². The van der Waals surface area contributed by atoms with E-state index in [1.165, 1.54) is 11.8 Å². The van der Waals surface area contributed by atoms with Crippen molar-refractivity contribution in [2.45, 2.75) is 17.6 Å². The molecular weight excluding hydrogens is 418 g/mol. The Bertz CT molecular complexity index is 971. The van der Waals surface area contributed by atoms with Crippen LogP contribution in [-0.4, -0.2) is 55.5 Å². The van der Waals surface area contributed by atoms with E-state index in [1.807, 2.05) is 25.1 Å². The molecular formula is C20H22F2N2O3S2. The topological polar surface area (TPSA) is 57.7 Å². The number of aryl methyl sites for hydroxylation is 1. The molecule has 9 heteroatoms. The maximum atomic E-state index is 13.9. The fourth-order valence-electron chi connectivity index (χ4n) is 3.19. The molecule has 1 heterocycles. The summed E-state index contributed by atoms with van der Waals surface area (Å²) in [5.74, 6) is -1.29. The first kappa shape index (κ1) is 21.7. The van der Waals surface area contributed by atoms with E-state index in [9.17, 15) is 22.0 Å². The van der Waals surface area contributed by atoms with Gasteiger partial charge in [0.15, 0.2) is 4.90 Å². The van der Waals surface area contributed by atoms with Crippen molar-refractivity contribution in [2.24, 2.45) is 0 Å². The van der Waals surface area contributed by atoms with Gasteiger partial charge in [-0.2, -0.15) is 4.31 Å². The van der Waals surface area contributed by atoms with E-state index in [0.29, 0.717) is 11.5 Å². The van der Waals surface area contributed by atoms with Gasteiger partial charge in [0.05, 0.1) is 5.75 Å². The van der Waals surface area contributed by atoms with Crippen LogP contribution in [0.2, 0.25) is 0 Å². The molecule has 1 amide bonds. The third kappa shape index (κ3) is 5.15. The molecule has 0 aromatic heterocycles. The quantitative estimate of drug-likeness (QED) is 0.693. The summed E-state index contributed by atoms with van der Waals surface area (Å²) < 4.78 is 54.0. The Balaban J connectivity index is 1.54. The van der Waals surface area contributed by atoms with Gasteiger partial charge in [-0.3, -0.25) is 4.79 Å². The van der Waals surface area contributed by atoms with Crippen molar-refractivity contribution in [1.82, 2.24) is 9.21 Å². The molecule has 0 saturated carbocycles. The molecule has 0 bridgehead atoms. The first-order valence-electron chi connectivity index (χ1n) is 9.14. The number of amides is 1. The van der Waals surface area contributed by atoms with Gasteiger partial charge in [-0.25, -0.2) is 17.2 Å². The van der Waals surface area contributed by atoms with Crippen LogP contribution in [0.5, 0.6) is 0 Å². The summed E-state index contributed by atoms with van der Waals surface area (Å²) in [5, 5.41) is 0. The van der Waals surface area contributed by atoms with Crippen LogP contribution in [0.15, 0.2) is 47.4 Å². The lowest BCUT2D eigenvalue weighted by molar-refractivity contribution is -0.129. The highest BCUT2D eigenvalue weighted by Gasteiger charge is 2.33. The zero-order valence-corrected chi connectivity index (χ0v) is 17.6.